The molecule has 0 aliphatic carbocycles. The zero-order valence-corrected chi connectivity index (χ0v) is 15.4. The highest BCUT2D eigenvalue weighted by atomic mass is 16.5. The first-order chi connectivity index (χ1) is 11.5. The van der Waals surface area contributed by atoms with E-state index in [1.165, 1.54) is 11.1 Å². The lowest BCUT2D eigenvalue weighted by Gasteiger charge is -2.17. The van der Waals surface area contributed by atoms with Crippen LogP contribution in [0, 0.1) is 6.92 Å². The Kier molecular flexibility index (Phi) is 6.68. The van der Waals surface area contributed by atoms with Gasteiger partial charge in [-0.25, -0.2) is 0 Å². The molecular formula is C21H29NO2. The first-order valence-electron chi connectivity index (χ1n) is 8.67. The third kappa shape index (κ3) is 5.57. The summed E-state index contributed by atoms with van der Waals surface area (Å²) in [6.45, 7) is 11.9. The number of benzene rings is 2. The maximum Gasteiger partial charge on any atom is 0.127 e. The Labute approximate surface area is 146 Å². The molecule has 0 fully saturated rings. The lowest BCUT2D eigenvalue weighted by Crippen LogP contribution is -2.16. The van der Waals surface area contributed by atoms with E-state index in [0.29, 0.717) is 0 Å². The van der Waals surface area contributed by atoms with Gasteiger partial charge < -0.3 is 14.8 Å². The van der Waals surface area contributed by atoms with E-state index in [1.807, 2.05) is 39.8 Å². The Morgan fingerprint density at radius 2 is 1.50 bits per heavy atom. The second-order valence-electron chi connectivity index (χ2n) is 6.63. The van der Waals surface area contributed by atoms with Crippen molar-refractivity contribution in [3.05, 3.63) is 59.2 Å². The van der Waals surface area contributed by atoms with Gasteiger partial charge in [-0.1, -0.05) is 30.3 Å². The molecule has 0 aliphatic rings. The average Bonchev–Trinajstić information content (AvgIpc) is 2.50. The third-order valence-corrected chi connectivity index (χ3v) is 3.67. The Bertz CT molecular complexity index is 650. The molecule has 3 nitrogen and oxygen atoms in total. The van der Waals surface area contributed by atoms with E-state index in [1.54, 1.807) is 0 Å². The van der Waals surface area contributed by atoms with Crippen molar-refractivity contribution in [1.29, 1.82) is 0 Å². The summed E-state index contributed by atoms with van der Waals surface area (Å²) < 4.78 is 11.8. The highest BCUT2D eigenvalue weighted by Gasteiger charge is 2.09. The quantitative estimate of drug-likeness (QED) is 0.751. The van der Waals surface area contributed by atoms with E-state index in [9.17, 15) is 0 Å². The van der Waals surface area contributed by atoms with E-state index < -0.39 is 0 Å². The van der Waals surface area contributed by atoms with Crippen LogP contribution in [0.3, 0.4) is 0 Å². The molecule has 0 aromatic heterocycles. The molecule has 0 amide bonds. The first-order valence-corrected chi connectivity index (χ1v) is 8.67. The van der Waals surface area contributed by atoms with Gasteiger partial charge in [0.05, 0.1) is 12.2 Å². The largest absolute Gasteiger partial charge is 0.491 e. The van der Waals surface area contributed by atoms with Gasteiger partial charge in [-0.2, -0.15) is 0 Å². The fourth-order valence-electron chi connectivity index (χ4n) is 2.53. The fourth-order valence-corrected chi connectivity index (χ4v) is 2.53. The van der Waals surface area contributed by atoms with Crippen LogP contribution in [0.5, 0.6) is 11.5 Å². The van der Waals surface area contributed by atoms with Crippen molar-refractivity contribution in [2.45, 2.75) is 59.9 Å². The molecule has 0 aliphatic heterocycles. The lowest BCUT2D eigenvalue weighted by atomic mass is 10.1. The van der Waals surface area contributed by atoms with E-state index in [4.69, 9.17) is 9.47 Å². The van der Waals surface area contributed by atoms with Crippen LogP contribution in [0.2, 0.25) is 0 Å². The van der Waals surface area contributed by atoms with Crippen molar-refractivity contribution in [3.63, 3.8) is 0 Å². The van der Waals surface area contributed by atoms with Crippen molar-refractivity contribution in [2.75, 3.05) is 0 Å². The van der Waals surface area contributed by atoms with E-state index in [2.05, 4.69) is 42.6 Å². The number of rotatable bonds is 8. The van der Waals surface area contributed by atoms with Crippen molar-refractivity contribution in [3.8, 4) is 11.5 Å². The first kappa shape index (κ1) is 18.3. The van der Waals surface area contributed by atoms with Crippen molar-refractivity contribution in [1.82, 2.24) is 5.32 Å². The zero-order chi connectivity index (χ0) is 17.5. The number of hydrogen-bond acceptors (Lipinski definition) is 3. The number of aryl methyl sites for hydroxylation is 1. The van der Waals surface area contributed by atoms with Crippen LogP contribution in [0.1, 0.15) is 44.4 Å². The van der Waals surface area contributed by atoms with Crippen LogP contribution in [-0.4, -0.2) is 12.2 Å². The zero-order valence-electron chi connectivity index (χ0n) is 15.4. The summed E-state index contributed by atoms with van der Waals surface area (Å²) in [7, 11) is 0. The molecule has 130 valence electrons. The molecule has 0 unspecified atom stereocenters. The predicted molar refractivity (Wildman–Crippen MR) is 99.7 cm³/mol. The van der Waals surface area contributed by atoms with Gasteiger partial charge in [-0.05, 0) is 51.8 Å². The molecule has 0 spiro atoms. The molecule has 0 radical (unpaired) electrons. The second kappa shape index (κ2) is 8.74. The Morgan fingerprint density at radius 1 is 0.833 bits per heavy atom. The van der Waals surface area contributed by atoms with Gasteiger partial charge in [0.15, 0.2) is 0 Å². The normalized spacial score (nSPS) is 11.1. The van der Waals surface area contributed by atoms with Crippen LogP contribution >= 0.6 is 0 Å². The van der Waals surface area contributed by atoms with Crippen LogP contribution in [-0.2, 0) is 13.1 Å². The van der Waals surface area contributed by atoms with Crippen molar-refractivity contribution >= 4 is 0 Å². The molecule has 0 saturated carbocycles. The molecule has 2 aromatic rings. The fraction of sp³-hybridized carbons (Fsp3) is 0.429. The topological polar surface area (TPSA) is 30.5 Å². The minimum absolute atomic E-state index is 0.134. The van der Waals surface area contributed by atoms with Crippen molar-refractivity contribution in [2.24, 2.45) is 0 Å². The maximum atomic E-state index is 5.97. The smallest absolute Gasteiger partial charge is 0.127 e. The molecule has 2 rings (SSSR count). The Hall–Kier alpha value is -2.00. The van der Waals surface area contributed by atoms with Gasteiger partial charge in [-0.3, -0.25) is 0 Å². The third-order valence-electron chi connectivity index (χ3n) is 3.67. The van der Waals surface area contributed by atoms with E-state index in [-0.39, 0.29) is 12.2 Å². The Morgan fingerprint density at radius 3 is 2.17 bits per heavy atom. The monoisotopic (exact) mass is 327 g/mol. The molecule has 0 bridgehead atoms. The Balaban J connectivity index is 2.06. The summed E-state index contributed by atoms with van der Waals surface area (Å²) in [5.41, 5.74) is 3.78. The summed E-state index contributed by atoms with van der Waals surface area (Å²) in [5.74, 6) is 1.74. The van der Waals surface area contributed by atoms with Gasteiger partial charge in [0.2, 0.25) is 0 Å². The number of nitrogens with one attached hydrogen (secondary N) is 1. The molecule has 0 saturated heterocycles. The van der Waals surface area contributed by atoms with Crippen LogP contribution in [0.25, 0.3) is 0 Å². The molecule has 24 heavy (non-hydrogen) atoms. The highest BCUT2D eigenvalue weighted by Crippen LogP contribution is 2.27. The SMILES string of the molecule is Cc1ccccc1CNCc1ccc(OC(C)C)cc1OC(C)C. The van der Waals surface area contributed by atoms with Gasteiger partial charge in [0, 0.05) is 24.7 Å². The van der Waals surface area contributed by atoms with E-state index in [0.717, 1.165) is 30.2 Å². The van der Waals surface area contributed by atoms with Crippen molar-refractivity contribution < 1.29 is 9.47 Å². The van der Waals surface area contributed by atoms with Gasteiger partial charge in [0.1, 0.15) is 11.5 Å². The van der Waals surface area contributed by atoms with Gasteiger partial charge >= 0.3 is 0 Å². The summed E-state index contributed by atoms with van der Waals surface area (Å²) in [4.78, 5) is 0. The molecule has 0 heterocycles. The highest BCUT2D eigenvalue weighted by molar-refractivity contribution is 5.41. The van der Waals surface area contributed by atoms with Crippen LogP contribution in [0.15, 0.2) is 42.5 Å². The molecule has 0 atom stereocenters. The molecule has 2 aromatic carbocycles. The predicted octanol–water partition coefficient (Wildman–Crippen LogP) is 4.86. The van der Waals surface area contributed by atoms with Gasteiger partial charge in [-0.15, -0.1) is 0 Å². The standard InChI is InChI=1S/C21H29NO2/c1-15(2)23-20-11-10-19(21(12-20)24-16(3)4)14-22-13-18-9-7-6-8-17(18)5/h6-12,15-16,22H,13-14H2,1-5H3. The van der Waals surface area contributed by atoms with Gasteiger partial charge in [0.25, 0.3) is 0 Å². The summed E-state index contributed by atoms with van der Waals surface area (Å²) in [6, 6.07) is 14.5. The molecular weight excluding hydrogens is 298 g/mol. The minimum Gasteiger partial charge on any atom is -0.491 e. The molecule has 3 heteroatoms. The molecule has 1 N–H and O–H groups in total. The summed E-state index contributed by atoms with van der Waals surface area (Å²) >= 11 is 0. The maximum absolute atomic E-state index is 5.97. The summed E-state index contributed by atoms with van der Waals surface area (Å²) in [6.07, 6.45) is 0.288. The minimum atomic E-state index is 0.134. The summed E-state index contributed by atoms with van der Waals surface area (Å²) in [5, 5.41) is 3.51. The second-order valence-corrected chi connectivity index (χ2v) is 6.63. The van der Waals surface area contributed by atoms with Crippen LogP contribution in [0.4, 0.5) is 0 Å². The van der Waals surface area contributed by atoms with E-state index >= 15 is 0 Å². The van der Waals surface area contributed by atoms with Crippen LogP contribution < -0.4 is 14.8 Å². The average molecular weight is 327 g/mol. The number of hydrogen-bond donors (Lipinski definition) is 1. The number of ether oxygens (including phenoxy) is 2. The lowest BCUT2D eigenvalue weighted by molar-refractivity contribution is 0.227.